The van der Waals surface area contributed by atoms with E-state index in [4.69, 9.17) is 0 Å². The molecular formula is C11H16N2. The Morgan fingerprint density at radius 2 is 2.46 bits per heavy atom. The van der Waals surface area contributed by atoms with Gasteiger partial charge in [-0.3, -0.25) is 4.98 Å². The van der Waals surface area contributed by atoms with Gasteiger partial charge in [0.2, 0.25) is 0 Å². The molecule has 0 spiro atoms. The van der Waals surface area contributed by atoms with E-state index in [2.05, 4.69) is 29.1 Å². The maximum atomic E-state index is 4.35. The molecule has 0 aliphatic carbocycles. The Labute approximate surface area is 79.6 Å². The lowest BCUT2D eigenvalue weighted by Gasteiger charge is -2.18. The third-order valence-electron chi connectivity index (χ3n) is 2.84. The lowest BCUT2D eigenvalue weighted by atomic mass is 10.1. The van der Waals surface area contributed by atoms with E-state index in [0.717, 1.165) is 12.5 Å². The highest BCUT2D eigenvalue weighted by molar-refractivity contribution is 5.05. The molecule has 1 aromatic heterocycles. The third-order valence-corrected chi connectivity index (χ3v) is 2.84. The average molecular weight is 176 g/mol. The van der Waals surface area contributed by atoms with E-state index in [1.54, 1.807) is 0 Å². The zero-order valence-electron chi connectivity index (χ0n) is 8.11. The van der Waals surface area contributed by atoms with Gasteiger partial charge >= 0.3 is 0 Å². The summed E-state index contributed by atoms with van der Waals surface area (Å²) < 4.78 is 0. The molecule has 2 rings (SSSR count). The normalized spacial score (nSPS) is 23.6. The van der Waals surface area contributed by atoms with E-state index >= 15 is 0 Å². The second kappa shape index (κ2) is 3.88. The van der Waals surface area contributed by atoms with Gasteiger partial charge in [0, 0.05) is 24.4 Å². The van der Waals surface area contributed by atoms with E-state index < -0.39 is 0 Å². The summed E-state index contributed by atoms with van der Waals surface area (Å²) in [5, 5.41) is 0. The molecule has 1 aliphatic heterocycles. The highest BCUT2D eigenvalue weighted by atomic mass is 15.1. The molecule has 1 aromatic rings. The summed E-state index contributed by atoms with van der Waals surface area (Å²) in [4.78, 5) is 6.79. The van der Waals surface area contributed by atoms with Crippen molar-refractivity contribution in [3.8, 4) is 0 Å². The summed E-state index contributed by atoms with van der Waals surface area (Å²) >= 11 is 0. The Hall–Kier alpha value is -0.890. The fourth-order valence-electron chi connectivity index (χ4n) is 2.00. The summed E-state index contributed by atoms with van der Waals surface area (Å²) in [5.41, 5.74) is 1.22. The van der Waals surface area contributed by atoms with Crippen LogP contribution in [0.1, 0.15) is 18.5 Å². The van der Waals surface area contributed by atoms with Crippen LogP contribution in [-0.4, -0.2) is 29.5 Å². The molecule has 0 radical (unpaired) electrons. The Kier molecular flexibility index (Phi) is 2.60. The molecule has 2 heterocycles. The monoisotopic (exact) mass is 176 g/mol. The van der Waals surface area contributed by atoms with Gasteiger partial charge in [-0.15, -0.1) is 0 Å². The fraction of sp³-hybridized carbons (Fsp3) is 0.545. The molecule has 1 saturated heterocycles. The van der Waals surface area contributed by atoms with Gasteiger partial charge in [0.25, 0.3) is 0 Å². The highest BCUT2D eigenvalue weighted by Gasteiger charge is 2.20. The van der Waals surface area contributed by atoms with Crippen LogP contribution in [0.2, 0.25) is 0 Å². The number of hydrogen-bond acceptors (Lipinski definition) is 2. The molecule has 0 saturated carbocycles. The molecule has 0 amide bonds. The summed E-state index contributed by atoms with van der Waals surface area (Å²) in [7, 11) is 2.21. The number of aromatic nitrogens is 1. The van der Waals surface area contributed by atoms with E-state index in [1.165, 1.54) is 25.1 Å². The minimum Gasteiger partial charge on any atom is -0.303 e. The van der Waals surface area contributed by atoms with Crippen LogP contribution in [0.4, 0.5) is 0 Å². The van der Waals surface area contributed by atoms with Crippen molar-refractivity contribution < 1.29 is 0 Å². The number of hydrogen-bond donors (Lipinski definition) is 0. The van der Waals surface area contributed by atoms with Crippen molar-refractivity contribution >= 4 is 0 Å². The number of likely N-dealkylation sites (N-methyl/N-ethyl adjacent to an activating group) is 1. The van der Waals surface area contributed by atoms with E-state index in [9.17, 15) is 0 Å². The van der Waals surface area contributed by atoms with Crippen LogP contribution >= 0.6 is 0 Å². The summed E-state index contributed by atoms with van der Waals surface area (Å²) in [6, 6.07) is 6.88. The molecule has 13 heavy (non-hydrogen) atoms. The maximum absolute atomic E-state index is 4.35. The molecule has 0 N–H and O–H groups in total. The van der Waals surface area contributed by atoms with Gasteiger partial charge in [-0.2, -0.15) is 0 Å². The van der Waals surface area contributed by atoms with Crippen molar-refractivity contribution in [3.05, 3.63) is 30.1 Å². The van der Waals surface area contributed by atoms with Gasteiger partial charge in [0.05, 0.1) is 0 Å². The molecule has 1 aliphatic rings. The first-order chi connectivity index (χ1) is 6.36. The van der Waals surface area contributed by atoms with Crippen LogP contribution < -0.4 is 0 Å². The number of rotatable bonds is 2. The Morgan fingerprint density at radius 1 is 1.54 bits per heavy atom. The van der Waals surface area contributed by atoms with Gasteiger partial charge in [0.15, 0.2) is 0 Å². The molecule has 2 nitrogen and oxygen atoms in total. The Balaban J connectivity index is 1.98. The van der Waals surface area contributed by atoms with Crippen LogP contribution in [0.3, 0.4) is 0 Å². The fourth-order valence-corrected chi connectivity index (χ4v) is 2.00. The molecule has 0 aromatic carbocycles. The predicted molar refractivity (Wildman–Crippen MR) is 53.6 cm³/mol. The molecular weight excluding hydrogens is 160 g/mol. The van der Waals surface area contributed by atoms with Gasteiger partial charge in [-0.25, -0.2) is 0 Å². The van der Waals surface area contributed by atoms with Crippen molar-refractivity contribution in [1.29, 1.82) is 0 Å². The molecule has 1 atom stereocenters. The summed E-state index contributed by atoms with van der Waals surface area (Å²) in [6.07, 6.45) is 5.66. The number of likely N-dealkylation sites (tertiary alicyclic amines) is 1. The molecule has 0 bridgehead atoms. The van der Waals surface area contributed by atoms with Crippen LogP contribution in [0, 0.1) is 0 Å². The average Bonchev–Trinajstić information content (AvgIpc) is 2.54. The summed E-state index contributed by atoms with van der Waals surface area (Å²) in [5.74, 6) is 0. The third kappa shape index (κ3) is 2.07. The quantitative estimate of drug-likeness (QED) is 0.682. The second-order valence-corrected chi connectivity index (χ2v) is 3.80. The minimum absolute atomic E-state index is 0.717. The first-order valence-corrected chi connectivity index (χ1v) is 4.96. The van der Waals surface area contributed by atoms with E-state index in [1.807, 2.05) is 12.3 Å². The summed E-state index contributed by atoms with van der Waals surface area (Å²) in [6.45, 7) is 1.25. The number of nitrogens with zero attached hydrogens (tertiary/aromatic N) is 2. The van der Waals surface area contributed by atoms with Gasteiger partial charge in [0.1, 0.15) is 0 Å². The first-order valence-electron chi connectivity index (χ1n) is 4.96. The topological polar surface area (TPSA) is 16.1 Å². The van der Waals surface area contributed by atoms with Gasteiger partial charge < -0.3 is 4.90 Å². The van der Waals surface area contributed by atoms with E-state index in [-0.39, 0.29) is 0 Å². The van der Waals surface area contributed by atoms with Crippen molar-refractivity contribution in [3.63, 3.8) is 0 Å². The smallest absolute Gasteiger partial charge is 0.0419 e. The zero-order valence-corrected chi connectivity index (χ0v) is 8.11. The van der Waals surface area contributed by atoms with Crippen molar-refractivity contribution in [2.24, 2.45) is 0 Å². The van der Waals surface area contributed by atoms with Crippen LogP contribution in [0.25, 0.3) is 0 Å². The Morgan fingerprint density at radius 3 is 3.08 bits per heavy atom. The largest absolute Gasteiger partial charge is 0.303 e. The molecule has 1 fully saturated rings. The second-order valence-electron chi connectivity index (χ2n) is 3.80. The van der Waals surface area contributed by atoms with Crippen LogP contribution in [0.5, 0.6) is 0 Å². The standard InChI is InChI=1S/C11H16N2/c1-13-8-4-6-11(13)9-10-5-2-3-7-12-10/h2-3,5,7,11H,4,6,8-9H2,1H3. The van der Waals surface area contributed by atoms with Crippen molar-refractivity contribution in [2.45, 2.75) is 25.3 Å². The molecule has 2 heteroatoms. The Bertz CT molecular complexity index is 258. The van der Waals surface area contributed by atoms with Gasteiger partial charge in [-0.1, -0.05) is 6.07 Å². The molecule has 70 valence electrons. The van der Waals surface area contributed by atoms with Crippen LogP contribution in [0.15, 0.2) is 24.4 Å². The first kappa shape index (κ1) is 8.70. The number of pyridine rings is 1. The lowest BCUT2D eigenvalue weighted by Crippen LogP contribution is -2.27. The maximum Gasteiger partial charge on any atom is 0.0419 e. The highest BCUT2D eigenvalue weighted by Crippen LogP contribution is 2.17. The lowest BCUT2D eigenvalue weighted by molar-refractivity contribution is 0.307. The molecule has 1 unspecified atom stereocenters. The van der Waals surface area contributed by atoms with E-state index in [0.29, 0.717) is 0 Å². The zero-order chi connectivity index (χ0) is 9.10. The SMILES string of the molecule is CN1CCCC1Cc1ccccn1. The van der Waals surface area contributed by atoms with Crippen molar-refractivity contribution in [1.82, 2.24) is 9.88 Å². The van der Waals surface area contributed by atoms with Crippen LogP contribution in [-0.2, 0) is 6.42 Å². The minimum atomic E-state index is 0.717. The van der Waals surface area contributed by atoms with Gasteiger partial charge in [-0.05, 0) is 38.6 Å². The van der Waals surface area contributed by atoms with Crippen molar-refractivity contribution in [2.75, 3.05) is 13.6 Å². The predicted octanol–water partition coefficient (Wildman–Crippen LogP) is 1.72.